The molecule has 0 radical (unpaired) electrons. The van der Waals surface area contributed by atoms with Gasteiger partial charge >= 0.3 is 0 Å². The van der Waals surface area contributed by atoms with Gasteiger partial charge in [0.1, 0.15) is 0 Å². The van der Waals surface area contributed by atoms with E-state index in [0.717, 1.165) is 17.9 Å². The fourth-order valence-corrected chi connectivity index (χ4v) is 2.60. The number of aliphatic imine (C=N–C) groups is 1. The average molecular weight is 296 g/mol. The Labute approximate surface area is 125 Å². The highest BCUT2D eigenvalue weighted by Gasteiger charge is 2.30. The maximum absolute atomic E-state index is 5.89. The number of ether oxygens (including phenoxy) is 1. The molecule has 1 fully saturated rings. The van der Waals surface area contributed by atoms with E-state index in [-0.39, 0.29) is 6.04 Å². The molecule has 0 saturated heterocycles. The maximum atomic E-state index is 5.89. The van der Waals surface area contributed by atoms with Crippen LogP contribution in [0, 0.1) is 0 Å². The van der Waals surface area contributed by atoms with Crippen LogP contribution in [0.5, 0.6) is 0 Å². The van der Waals surface area contributed by atoms with E-state index in [1.807, 2.05) is 19.1 Å². The van der Waals surface area contributed by atoms with Crippen molar-refractivity contribution in [3.8, 4) is 0 Å². The lowest BCUT2D eigenvalue weighted by molar-refractivity contribution is 0.179. The Balaban J connectivity index is 1.79. The van der Waals surface area contributed by atoms with Crippen molar-refractivity contribution in [1.29, 1.82) is 0 Å². The number of hydrogen-bond donors (Lipinski definition) is 2. The molecule has 4 nitrogen and oxygen atoms in total. The molecule has 1 unspecified atom stereocenters. The van der Waals surface area contributed by atoms with Crippen LogP contribution < -0.4 is 11.1 Å². The van der Waals surface area contributed by atoms with Crippen molar-refractivity contribution >= 4 is 17.6 Å². The predicted octanol–water partition coefficient (Wildman–Crippen LogP) is 2.53. The first kappa shape index (κ1) is 15.1. The summed E-state index contributed by atoms with van der Waals surface area (Å²) >= 11 is 5.89. The Morgan fingerprint density at radius 2 is 2.10 bits per heavy atom. The normalized spacial score (nSPS) is 24.1. The minimum atomic E-state index is 0.177. The minimum absolute atomic E-state index is 0.177. The van der Waals surface area contributed by atoms with E-state index in [1.165, 1.54) is 5.56 Å². The van der Waals surface area contributed by atoms with Crippen LogP contribution in [0.3, 0.4) is 0 Å². The number of nitrogens with one attached hydrogen (secondary N) is 1. The molecule has 1 saturated carbocycles. The van der Waals surface area contributed by atoms with Gasteiger partial charge in [-0.15, -0.1) is 0 Å². The molecule has 0 aliphatic heterocycles. The fraction of sp³-hybridized carbons (Fsp3) is 0.533. The summed E-state index contributed by atoms with van der Waals surface area (Å²) in [6.45, 7) is 2.64. The summed E-state index contributed by atoms with van der Waals surface area (Å²) in [6.07, 6.45) is 2.09. The number of nitrogens with two attached hydrogens (primary N) is 1. The topological polar surface area (TPSA) is 59.6 Å². The van der Waals surface area contributed by atoms with Crippen molar-refractivity contribution in [2.24, 2.45) is 10.7 Å². The molecule has 0 aromatic heterocycles. The molecule has 5 heteroatoms. The third kappa shape index (κ3) is 4.12. The van der Waals surface area contributed by atoms with Crippen molar-refractivity contribution in [3.63, 3.8) is 0 Å². The number of hydrogen-bond acceptors (Lipinski definition) is 2. The van der Waals surface area contributed by atoms with E-state index in [1.54, 1.807) is 7.11 Å². The van der Waals surface area contributed by atoms with Crippen LogP contribution in [0.4, 0.5) is 0 Å². The van der Waals surface area contributed by atoms with Gasteiger partial charge in [0.2, 0.25) is 0 Å². The van der Waals surface area contributed by atoms with Crippen LogP contribution in [0.25, 0.3) is 0 Å². The lowest BCUT2D eigenvalue weighted by Gasteiger charge is -2.33. The van der Waals surface area contributed by atoms with Crippen LogP contribution in [0.1, 0.15) is 31.2 Å². The van der Waals surface area contributed by atoms with Gasteiger partial charge in [-0.2, -0.15) is 0 Å². The molecular weight excluding hydrogens is 274 g/mol. The summed E-state index contributed by atoms with van der Waals surface area (Å²) in [6, 6.07) is 8.56. The third-order valence-electron chi connectivity index (χ3n) is 3.59. The van der Waals surface area contributed by atoms with E-state index in [4.69, 9.17) is 22.1 Å². The van der Waals surface area contributed by atoms with Crippen LogP contribution in [-0.2, 0) is 4.74 Å². The van der Waals surface area contributed by atoms with E-state index < -0.39 is 0 Å². The smallest absolute Gasteiger partial charge is 0.189 e. The highest BCUT2D eigenvalue weighted by molar-refractivity contribution is 6.30. The molecular formula is C15H22ClN3O. The number of halogens is 1. The van der Waals surface area contributed by atoms with Crippen molar-refractivity contribution in [2.45, 2.75) is 37.8 Å². The maximum Gasteiger partial charge on any atom is 0.189 e. The summed E-state index contributed by atoms with van der Waals surface area (Å²) in [5, 5.41) is 3.91. The summed E-state index contributed by atoms with van der Waals surface area (Å²) < 4.78 is 5.05. The first-order valence-electron chi connectivity index (χ1n) is 6.92. The highest BCUT2D eigenvalue weighted by atomic mass is 35.5. The van der Waals surface area contributed by atoms with Crippen molar-refractivity contribution < 1.29 is 4.74 Å². The van der Waals surface area contributed by atoms with E-state index in [2.05, 4.69) is 22.4 Å². The SMILES string of the molecule is COCC(C)NC(N)=NC1CC(c2ccc(Cl)cc2)C1. The first-order chi connectivity index (χ1) is 9.58. The van der Waals surface area contributed by atoms with Gasteiger partial charge in [-0.3, -0.25) is 4.99 Å². The van der Waals surface area contributed by atoms with Gasteiger partial charge in [0.15, 0.2) is 5.96 Å². The van der Waals surface area contributed by atoms with Gasteiger partial charge in [-0.05, 0) is 43.4 Å². The molecule has 2 rings (SSSR count). The lowest BCUT2D eigenvalue weighted by atomic mass is 9.76. The molecule has 1 aromatic carbocycles. The zero-order valence-electron chi connectivity index (χ0n) is 12.0. The van der Waals surface area contributed by atoms with E-state index >= 15 is 0 Å². The molecule has 1 aromatic rings. The standard InChI is InChI=1S/C15H22ClN3O/c1-10(9-20-2)18-15(17)19-14-7-12(8-14)11-3-5-13(16)6-4-11/h3-6,10,12,14H,7-9H2,1-2H3,(H3,17,18,19). The molecule has 1 aliphatic rings. The zero-order chi connectivity index (χ0) is 14.5. The summed E-state index contributed by atoms with van der Waals surface area (Å²) in [5.41, 5.74) is 7.22. The summed E-state index contributed by atoms with van der Waals surface area (Å²) in [5.74, 6) is 1.08. The second-order valence-electron chi connectivity index (χ2n) is 5.39. The van der Waals surface area contributed by atoms with Crippen molar-refractivity contribution in [3.05, 3.63) is 34.9 Å². The lowest BCUT2D eigenvalue weighted by Crippen LogP contribution is -2.42. The van der Waals surface area contributed by atoms with Crippen LogP contribution in [0.15, 0.2) is 29.3 Å². The monoisotopic (exact) mass is 295 g/mol. The Morgan fingerprint density at radius 1 is 1.45 bits per heavy atom. The van der Waals surface area contributed by atoms with Gasteiger partial charge in [-0.25, -0.2) is 0 Å². The van der Waals surface area contributed by atoms with Gasteiger partial charge in [0.25, 0.3) is 0 Å². The highest BCUT2D eigenvalue weighted by Crippen LogP contribution is 2.38. The largest absolute Gasteiger partial charge is 0.383 e. The van der Waals surface area contributed by atoms with Gasteiger partial charge in [0, 0.05) is 18.2 Å². The molecule has 20 heavy (non-hydrogen) atoms. The molecule has 0 heterocycles. The number of guanidine groups is 1. The van der Waals surface area contributed by atoms with Gasteiger partial charge < -0.3 is 15.8 Å². The van der Waals surface area contributed by atoms with Crippen molar-refractivity contribution in [1.82, 2.24) is 5.32 Å². The second kappa shape index (κ2) is 6.95. The molecule has 3 N–H and O–H groups in total. The summed E-state index contributed by atoms with van der Waals surface area (Å²) in [7, 11) is 1.67. The fourth-order valence-electron chi connectivity index (χ4n) is 2.48. The zero-order valence-corrected chi connectivity index (χ0v) is 12.7. The molecule has 0 spiro atoms. The Bertz CT molecular complexity index is 455. The Morgan fingerprint density at radius 3 is 2.70 bits per heavy atom. The van der Waals surface area contributed by atoms with Crippen LogP contribution in [0.2, 0.25) is 5.02 Å². The number of nitrogens with zero attached hydrogens (tertiary/aromatic N) is 1. The third-order valence-corrected chi connectivity index (χ3v) is 3.84. The predicted molar refractivity (Wildman–Crippen MR) is 83.3 cm³/mol. The van der Waals surface area contributed by atoms with Gasteiger partial charge in [0.05, 0.1) is 12.6 Å². The van der Waals surface area contributed by atoms with E-state index in [9.17, 15) is 0 Å². The molecule has 0 amide bonds. The summed E-state index contributed by atoms with van der Waals surface area (Å²) in [4.78, 5) is 4.50. The van der Waals surface area contributed by atoms with Gasteiger partial charge in [-0.1, -0.05) is 23.7 Å². The minimum Gasteiger partial charge on any atom is -0.383 e. The molecule has 0 bridgehead atoms. The first-order valence-corrected chi connectivity index (χ1v) is 7.30. The Kier molecular flexibility index (Phi) is 5.26. The second-order valence-corrected chi connectivity index (χ2v) is 5.83. The number of benzene rings is 1. The van der Waals surface area contributed by atoms with Crippen LogP contribution in [-0.4, -0.2) is 31.8 Å². The number of methoxy groups -OCH3 is 1. The van der Waals surface area contributed by atoms with Crippen molar-refractivity contribution in [2.75, 3.05) is 13.7 Å². The molecule has 1 atom stereocenters. The Hall–Kier alpha value is -1.26. The van der Waals surface area contributed by atoms with E-state index in [0.29, 0.717) is 24.5 Å². The molecule has 1 aliphatic carbocycles. The average Bonchev–Trinajstić information content (AvgIpc) is 2.35. The van der Waals surface area contributed by atoms with Crippen LogP contribution >= 0.6 is 11.6 Å². The number of rotatable bonds is 5. The molecule has 110 valence electrons. The quantitative estimate of drug-likeness (QED) is 0.648.